The molecule has 1 aromatic rings. The van der Waals surface area contributed by atoms with Crippen LogP contribution in [0.4, 0.5) is 9.18 Å². The molecule has 190 valence electrons. The first-order valence-electron chi connectivity index (χ1n) is 11.8. The molecule has 9 heteroatoms. The Kier molecular flexibility index (Phi) is 9.29. The Morgan fingerprint density at radius 3 is 2.60 bits per heavy atom. The Morgan fingerprint density at radius 1 is 1.43 bits per heavy atom. The summed E-state index contributed by atoms with van der Waals surface area (Å²) in [5.41, 5.74) is 5.57. The summed E-state index contributed by atoms with van der Waals surface area (Å²) in [5, 5.41) is 12.9. The van der Waals surface area contributed by atoms with E-state index in [0.29, 0.717) is 30.7 Å². The number of hydrazone groups is 1. The van der Waals surface area contributed by atoms with Gasteiger partial charge in [-0.2, -0.15) is 10.4 Å². The van der Waals surface area contributed by atoms with Crippen LogP contribution in [0.15, 0.2) is 59.4 Å². The molecule has 1 heterocycles. The number of halogens is 1. The molecule has 1 fully saturated rings. The minimum atomic E-state index is -0.704. The number of hydrogen-bond donors (Lipinski definition) is 2. The summed E-state index contributed by atoms with van der Waals surface area (Å²) < 4.78 is 22.1. The fraction of sp³-hybridized carbons (Fsp3) is 0.500. The average molecular weight is 485 g/mol. The molecule has 1 aliphatic carbocycles. The third kappa shape index (κ3) is 7.22. The maximum Gasteiger partial charge on any atom is 0.410 e. The lowest BCUT2D eigenvalue weighted by atomic mass is 9.66. The molecular weight excluding hydrogens is 447 g/mol. The van der Waals surface area contributed by atoms with Gasteiger partial charge < -0.3 is 25.8 Å². The zero-order valence-corrected chi connectivity index (χ0v) is 21.3. The van der Waals surface area contributed by atoms with E-state index in [9.17, 15) is 9.18 Å². The zero-order valence-electron chi connectivity index (χ0n) is 21.3. The van der Waals surface area contributed by atoms with Gasteiger partial charge in [0.15, 0.2) is 5.84 Å². The van der Waals surface area contributed by atoms with Crippen molar-refractivity contribution in [1.82, 2.24) is 9.47 Å². The van der Waals surface area contributed by atoms with Crippen molar-refractivity contribution in [3.63, 3.8) is 0 Å². The van der Waals surface area contributed by atoms with Crippen LogP contribution in [-0.2, 0) is 4.74 Å². The minimum Gasteiger partial charge on any atom is -0.444 e. The Labute approximate surface area is 207 Å². The maximum atomic E-state index is 14.8. The summed E-state index contributed by atoms with van der Waals surface area (Å²) in [4.78, 5) is 14.8. The van der Waals surface area contributed by atoms with Gasteiger partial charge in [0.05, 0.1) is 17.3 Å². The van der Waals surface area contributed by atoms with E-state index in [1.807, 2.05) is 13.8 Å². The summed E-state index contributed by atoms with van der Waals surface area (Å²) in [5.74, 6) is 5.49. The lowest BCUT2D eigenvalue weighted by molar-refractivity contribution is 0.00512. The van der Waals surface area contributed by atoms with Crippen molar-refractivity contribution in [2.45, 2.75) is 71.9 Å². The largest absolute Gasteiger partial charge is 0.444 e. The number of carbonyl (C=O) groups excluding carboxylic acids is 1. The standard InChI is InChI=1S/C26H37FN6O2/c1-6-7-9-21(27)23(29)26(13-8-14-26)18-33(24(34)35-25(3,4)5)19(2)10-11-22(31-30)32-15-12-20(16-28)17-32/h7,9-12,15,17,19H,6,8,13-14,18,29-30H2,1-5H3/b9-7-,11-10-,23-21+,31-22+. The van der Waals surface area contributed by atoms with Crippen LogP contribution in [0, 0.1) is 16.7 Å². The third-order valence-electron chi connectivity index (χ3n) is 5.97. The van der Waals surface area contributed by atoms with Gasteiger partial charge in [-0.3, -0.25) is 0 Å². The van der Waals surface area contributed by atoms with Gasteiger partial charge in [-0.25, -0.2) is 9.18 Å². The van der Waals surface area contributed by atoms with Gasteiger partial charge in [-0.15, -0.1) is 0 Å². The second-order valence-corrected chi connectivity index (χ2v) is 9.82. The molecular formula is C26H37FN6O2. The van der Waals surface area contributed by atoms with Crippen LogP contribution in [-0.4, -0.2) is 39.6 Å². The van der Waals surface area contributed by atoms with Crippen molar-refractivity contribution >= 4 is 11.9 Å². The fourth-order valence-electron chi connectivity index (χ4n) is 3.83. The minimum absolute atomic E-state index is 0.166. The van der Waals surface area contributed by atoms with Gasteiger partial charge in [0.1, 0.15) is 17.5 Å². The van der Waals surface area contributed by atoms with E-state index in [-0.39, 0.29) is 12.2 Å². The van der Waals surface area contributed by atoms with Gasteiger partial charge in [0, 0.05) is 24.4 Å². The van der Waals surface area contributed by atoms with Gasteiger partial charge in [-0.05, 0) is 65.2 Å². The molecule has 0 aromatic carbocycles. The second kappa shape index (κ2) is 11.7. The van der Waals surface area contributed by atoms with Gasteiger partial charge in [0.25, 0.3) is 0 Å². The van der Waals surface area contributed by atoms with Crippen molar-refractivity contribution < 1.29 is 13.9 Å². The van der Waals surface area contributed by atoms with E-state index in [0.717, 1.165) is 6.42 Å². The second-order valence-electron chi connectivity index (χ2n) is 9.82. The average Bonchev–Trinajstić information content (AvgIpc) is 3.24. The molecule has 1 unspecified atom stereocenters. The number of nitrogens with zero attached hydrogens (tertiary/aromatic N) is 4. The first-order valence-corrected chi connectivity index (χ1v) is 11.8. The highest BCUT2D eigenvalue weighted by molar-refractivity contribution is 5.94. The predicted octanol–water partition coefficient (Wildman–Crippen LogP) is 4.94. The number of amides is 1. The molecule has 2 rings (SSSR count). The molecule has 1 saturated carbocycles. The Bertz CT molecular complexity index is 1050. The van der Waals surface area contributed by atoms with E-state index >= 15 is 0 Å². The smallest absolute Gasteiger partial charge is 0.410 e. The van der Waals surface area contributed by atoms with E-state index in [2.05, 4.69) is 11.2 Å². The van der Waals surface area contributed by atoms with Crippen LogP contribution in [0.2, 0.25) is 0 Å². The lowest BCUT2D eigenvalue weighted by Gasteiger charge is -2.46. The molecule has 8 nitrogen and oxygen atoms in total. The van der Waals surface area contributed by atoms with Crippen LogP contribution in [0.3, 0.4) is 0 Å². The number of ether oxygens (including phenoxy) is 1. The topological polar surface area (TPSA) is 123 Å². The molecule has 0 aliphatic heterocycles. The number of nitrogens with two attached hydrogens (primary N) is 2. The first-order chi connectivity index (χ1) is 16.5. The highest BCUT2D eigenvalue weighted by Gasteiger charge is 2.44. The van der Waals surface area contributed by atoms with Crippen LogP contribution in [0.1, 0.15) is 65.9 Å². The normalized spacial score (nSPS) is 17.6. The Morgan fingerprint density at radius 2 is 2.11 bits per heavy atom. The molecule has 1 amide bonds. The van der Waals surface area contributed by atoms with Gasteiger partial charge in [-0.1, -0.05) is 25.5 Å². The highest BCUT2D eigenvalue weighted by Crippen LogP contribution is 2.47. The summed E-state index contributed by atoms with van der Waals surface area (Å²) in [6.45, 7) is 9.36. The van der Waals surface area contributed by atoms with E-state index in [4.69, 9.17) is 21.6 Å². The summed E-state index contributed by atoms with van der Waals surface area (Å²) in [6.07, 6.45) is 12.3. The van der Waals surface area contributed by atoms with Crippen LogP contribution in [0.5, 0.6) is 0 Å². The van der Waals surface area contributed by atoms with Crippen molar-refractivity contribution in [1.29, 1.82) is 5.26 Å². The SMILES string of the molecule is CC/C=C\C(F)=C(/N)C1(CN(C(=O)OC(C)(C)C)C(C)/C=C\C(=N/N)n2ccc(C#N)c2)CCC1. The van der Waals surface area contributed by atoms with Gasteiger partial charge in [0.2, 0.25) is 0 Å². The van der Waals surface area contributed by atoms with Gasteiger partial charge >= 0.3 is 6.09 Å². The molecule has 0 spiro atoms. The van der Waals surface area contributed by atoms with E-state index in [1.54, 1.807) is 66.9 Å². The molecule has 1 aromatic heterocycles. The number of aromatic nitrogens is 1. The number of hydrogen-bond acceptors (Lipinski definition) is 6. The Hall–Kier alpha value is -3.54. The molecule has 1 aliphatic rings. The van der Waals surface area contributed by atoms with Crippen molar-refractivity contribution in [2.24, 2.45) is 22.1 Å². The third-order valence-corrected chi connectivity index (χ3v) is 5.97. The maximum absolute atomic E-state index is 14.8. The first kappa shape index (κ1) is 27.7. The molecule has 0 bridgehead atoms. The van der Waals surface area contributed by atoms with Crippen molar-refractivity contribution in [3.05, 3.63) is 59.9 Å². The summed E-state index contributed by atoms with van der Waals surface area (Å²) >= 11 is 0. The monoisotopic (exact) mass is 484 g/mol. The summed E-state index contributed by atoms with van der Waals surface area (Å²) in [6, 6.07) is 3.26. The number of rotatable bonds is 8. The number of nitriles is 1. The predicted molar refractivity (Wildman–Crippen MR) is 136 cm³/mol. The van der Waals surface area contributed by atoms with Crippen LogP contribution < -0.4 is 11.6 Å². The lowest BCUT2D eigenvalue weighted by Crippen LogP contribution is -2.51. The van der Waals surface area contributed by atoms with Crippen molar-refractivity contribution in [3.8, 4) is 6.07 Å². The Balaban J connectivity index is 2.36. The molecule has 0 saturated heterocycles. The molecule has 0 radical (unpaired) electrons. The van der Waals surface area contributed by atoms with Crippen molar-refractivity contribution in [2.75, 3.05) is 6.54 Å². The number of carbonyl (C=O) groups is 1. The van der Waals surface area contributed by atoms with Crippen LogP contribution in [0.25, 0.3) is 0 Å². The number of allylic oxidation sites excluding steroid dienone is 4. The summed E-state index contributed by atoms with van der Waals surface area (Å²) in [7, 11) is 0. The van der Waals surface area contributed by atoms with E-state index < -0.39 is 29.0 Å². The zero-order chi connectivity index (χ0) is 26.2. The highest BCUT2D eigenvalue weighted by atomic mass is 19.1. The molecule has 4 N–H and O–H groups in total. The van der Waals surface area contributed by atoms with E-state index in [1.165, 1.54) is 6.08 Å². The fourth-order valence-corrected chi connectivity index (χ4v) is 3.83. The van der Waals surface area contributed by atoms with Crippen LogP contribution >= 0.6 is 0 Å². The molecule has 1 atom stereocenters. The quantitative estimate of drug-likeness (QED) is 0.178. The molecule has 35 heavy (non-hydrogen) atoms.